The number of benzene rings is 2. The van der Waals surface area contributed by atoms with Gasteiger partial charge in [0.1, 0.15) is 23.9 Å². The van der Waals surface area contributed by atoms with Crippen LogP contribution in [-0.2, 0) is 16.1 Å². The normalized spacial score (nSPS) is 17.1. The number of aliphatic hydroxyl groups excluding tert-OH is 1. The standard InChI is InChI=1S/C27H23FN2O4/c1-3-13-34-22-11-10-19(14-17(22)2)25(31)23-24(20-8-4-5-9-21(20)28)30(27(33)26(23)32)16-18-7-6-12-29-15-18/h3-12,14-15,24,31H,1,13,16H2,2H3. The molecule has 1 saturated heterocycles. The van der Waals surface area contributed by atoms with Crippen molar-refractivity contribution in [1.29, 1.82) is 0 Å². The van der Waals surface area contributed by atoms with Crippen molar-refractivity contribution in [3.8, 4) is 5.75 Å². The minimum absolute atomic E-state index is 0.0293. The zero-order valence-electron chi connectivity index (χ0n) is 18.6. The van der Waals surface area contributed by atoms with Crippen LogP contribution in [0.5, 0.6) is 5.75 Å². The van der Waals surface area contributed by atoms with Crippen LogP contribution >= 0.6 is 0 Å². The van der Waals surface area contributed by atoms with Crippen molar-refractivity contribution in [2.45, 2.75) is 19.5 Å². The first-order valence-electron chi connectivity index (χ1n) is 10.7. The van der Waals surface area contributed by atoms with E-state index in [0.717, 1.165) is 5.56 Å². The highest BCUT2D eigenvalue weighted by atomic mass is 19.1. The predicted molar refractivity (Wildman–Crippen MR) is 125 cm³/mol. The number of aryl methyl sites for hydroxylation is 1. The molecular weight excluding hydrogens is 435 g/mol. The molecule has 2 aromatic carbocycles. The molecule has 0 bridgehead atoms. The van der Waals surface area contributed by atoms with Crippen LogP contribution in [0.4, 0.5) is 4.39 Å². The molecule has 1 aliphatic rings. The number of aromatic nitrogens is 1. The van der Waals surface area contributed by atoms with Gasteiger partial charge in [0.05, 0.1) is 11.6 Å². The van der Waals surface area contributed by atoms with Crippen LogP contribution in [0.1, 0.15) is 28.3 Å². The van der Waals surface area contributed by atoms with Gasteiger partial charge in [0, 0.05) is 30.1 Å². The Morgan fingerprint density at radius 3 is 2.68 bits per heavy atom. The van der Waals surface area contributed by atoms with Gasteiger partial charge in [0.25, 0.3) is 11.7 Å². The molecule has 172 valence electrons. The molecule has 34 heavy (non-hydrogen) atoms. The zero-order chi connectivity index (χ0) is 24.2. The SMILES string of the molecule is C=CCOc1ccc(C(O)=C2C(=O)C(=O)N(Cc3cccnc3)C2c2ccccc2F)cc1C. The number of carbonyl (C=O) groups excluding carboxylic acids is 2. The van der Waals surface area contributed by atoms with Crippen molar-refractivity contribution in [3.63, 3.8) is 0 Å². The molecule has 1 fully saturated rings. The molecule has 1 unspecified atom stereocenters. The van der Waals surface area contributed by atoms with Crippen molar-refractivity contribution in [1.82, 2.24) is 9.88 Å². The van der Waals surface area contributed by atoms with Crippen LogP contribution in [0.3, 0.4) is 0 Å². The highest BCUT2D eigenvalue weighted by molar-refractivity contribution is 6.46. The number of ether oxygens (including phenoxy) is 1. The zero-order valence-corrected chi connectivity index (χ0v) is 18.6. The third kappa shape index (κ3) is 4.32. The lowest BCUT2D eigenvalue weighted by Crippen LogP contribution is -2.29. The third-order valence-electron chi connectivity index (χ3n) is 5.62. The first-order valence-corrected chi connectivity index (χ1v) is 10.7. The Morgan fingerprint density at radius 1 is 1.21 bits per heavy atom. The second kappa shape index (κ2) is 9.70. The maximum absolute atomic E-state index is 14.9. The Bertz CT molecular complexity index is 1290. The number of likely N-dealkylation sites (tertiary alicyclic amines) is 1. The van der Waals surface area contributed by atoms with Crippen molar-refractivity contribution in [3.05, 3.63) is 113 Å². The van der Waals surface area contributed by atoms with E-state index in [1.54, 1.807) is 61.8 Å². The van der Waals surface area contributed by atoms with Gasteiger partial charge in [-0.3, -0.25) is 14.6 Å². The van der Waals surface area contributed by atoms with E-state index in [4.69, 9.17) is 4.74 Å². The van der Waals surface area contributed by atoms with E-state index >= 15 is 0 Å². The summed E-state index contributed by atoms with van der Waals surface area (Å²) in [4.78, 5) is 31.5. The Kier molecular flexibility index (Phi) is 6.54. The molecule has 0 radical (unpaired) electrons. The lowest BCUT2D eigenvalue weighted by atomic mass is 9.94. The summed E-state index contributed by atoms with van der Waals surface area (Å²) in [6, 6.07) is 13.2. The van der Waals surface area contributed by atoms with Gasteiger partial charge in [-0.2, -0.15) is 0 Å². The smallest absolute Gasteiger partial charge is 0.295 e. The molecule has 0 aliphatic carbocycles. The van der Waals surface area contributed by atoms with Gasteiger partial charge in [-0.05, 0) is 48.4 Å². The van der Waals surface area contributed by atoms with Crippen LogP contribution in [0, 0.1) is 12.7 Å². The number of amides is 1. The summed E-state index contributed by atoms with van der Waals surface area (Å²) < 4.78 is 20.5. The molecule has 1 aromatic heterocycles. The summed E-state index contributed by atoms with van der Waals surface area (Å²) in [5.41, 5.74) is 1.67. The number of hydrogen-bond donors (Lipinski definition) is 1. The molecule has 1 aliphatic heterocycles. The maximum Gasteiger partial charge on any atom is 0.295 e. The third-order valence-corrected chi connectivity index (χ3v) is 5.62. The van der Waals surface area contributed by atoms with Crippen molar-refractivity contribution >= 4 is 17.4 Å². The number of Topliss-reactive ketones (excluding diaryl/α,β-unsaturated/α-hetero) is 1. The fraction of sp³-hybridized carbons (Fsp3) is 0.148. The summed E-state index contributed by atoms with van der Waals surface area (Å²) in [5.74, 6) is -2.06. The minimum atomic E-state index is -1.10. The molecule has 1 atom stereocenters. The highest BCUT2D eigenvalue weighted by Crippen LogP contribution is 2.41. The largest absolute Gasteiger partial charge is 0.507 e. The molecule has 2 heterocycles. The number of aliphatic hydroxyl groups is 1. The lowest BCUT2D eigenvalue weighted by molar-refractivity contribution is -0.140. The molecule has 1 N–H and O–H groups in total. The van der Waals surface area contributed by atoms with Gasteiger partial charge in [-0.1, -0.05) is 36.9 Å². The lowest BCUT2D eigenvalue weighted by Gasteiger charge is -2.25. The second-order valence-corrected chi connectivity index (χ2v) is 7.89. The average Bonchev–Trinajstić information content (AvgIpc) is 3.08. The Hall–Kier alpha value is -4.26. The van der Waals surface area contributed by atoms with E-state index in [2.05, 4.69) is 11.6 Å². The number of halogens is 1. The monoisotopic (exact) mass is 458 g/mol. The fourth-order valence-corrected chi connectivity index (χ4v) is 4.01. The van der Waals surface area contributed by atoms with E-state index in [-0.39, 0.29) is 23.4 Å². The van der Waals surface area contributed by atoms with E-state index < -0.39 is 23.5 Å². The molecular formula is C27H23FN2O4. The van der Waals surface area contributed by atoms with Crippen LogP contribution < -0.4 is 4.74 Å². The summed E-state index contributed by atoms with van der Waals surface area (Å²) in [7, 11) is 0. The molecule has 0 saturated carbocycles. The van der Waals surface area contributed by atoms with Gasteiger partial charge in [-0.25, -0.2) is 4.39 Å². The number of pyridine rings is 1. The number of ketones is 1. The average molecular weight is 458 g/mol. The summed E-state index contributed by atoms with van der Waals surface area (Å²) in [6.45, 7) is 5.76. The molecule has 1 amide bonds. The van der Waals surface area contributed by atoms with Gasteiger partial charge < -0.3 is 14.7 Å². The van der Waals surface area contributed by atoms with Crippen molar-refractivity contribution in [2.24, 2.45) is 0 Å². The Morgan fingerprint density at radius 2 is 2.00 bits per heavy atom. The molecule has 6 nitrogen and oxygen atoms in total. The van der Waals surface area contributed by atoms with Crippen molar-refractivity contribution < 1.29 is 23.8 Å². The second-order valence-electron chi connectivity index (χ2n) is 7.89. The predicted octanol–water partition coefficient (Wildman–Crippen LogP) is 4.72. The van der Waals surface area contributed by atoms with Crippen LogP contribution in [0.2, 0.25) is 0 Å². The Balaban J connectivity index is 1.84. The summed E-state index contributed by atoms with van der Waals surface area (Å²) in [5, 5.41) is 11.2. The van der Waals surface area contributed by atoms with Crippen LogP contribution in [0.15, 0.2) is 85.2 Å². The van der Waals surface area contributed by atoms with Crippen LogP contribution in [0.25, 0.3) is 5.76 Å². The fourth-order valence-electron chi connectivity index (χ4n) is 4.01. The Labute approximate surface area is 196 Å². The van der Waals surface area contributed by atoms with Crippen LogP contribution in [-0.4, -0.2) is 33.3 Å². The van der Waals surface area contributed by atoms with Gasteiger partial charge in [0.2, 0.25) is 0 Å². The van der Waals surface area contributed by atoms with Gasteiger partial charge >= 0.3 is 0 Å². The maximum atomic E-state index is 14.9. The van der Waals surface area contributed by atoms with Crippen molar-refractivity contribution in [2.75, 3.05) is 6.61 Å². The number of rotatable bonds is 7. The topological polar surface area (TPSA) is 79.7 Å². The number of carbonyl (C=O) groups is 2. The summed E-state index contributed by atoms with van der Waals surface area (Å²) in [6.07, 6.45) is 4.78. The quantitative estimate of drug-likeness (QED) is 0.240. The van der Waals surface area contributed by atoms with Gasteiger partial charge in [-0.15, -0.1) is 0 Å². The molecule has 0 spiro atoms. The van der Waals surface area contributed by atoms with E-state index in [1.165, 1.54) is 23.1 Å². The summed E-state index contributed by atoms with van der Waals surface area (Å²) >= 11 is 0. The number of hydrogen-bond acceptors (Lipinski definition) is 5. The first kappa shape index (κ1) is 22.9. The first-order chi connectivity index (χ1) is 16.4. The molecule has 4 rings (SSSR count). The van der Waals surface area contributed by atoms with E-state index in [1.807, 2.05) is 0 Å². The molecule has 3 aromatic rings. The van der Waals surface area contributed by atoms with Gasteiger partial charge in [0.15, 0.2) is 0 Å². The molecule has 7 heteroatoms. The number of nitrogens with zero attached hydrogens (tertiary/aromatic N) is 2. The van der Waals surface area contributed by atoms with E-state index in [9.17, 15) is 19.1 Å². The van der Waals surface area contributed by atoms with E-state index in [0.29, 0.717) is 23.5 Å². The highest BCUT2D eigenvalue weighted by Gasteiger charge is 2.47. The minimum Gasteiger partial charge on any atom is -0.507 e.